The maximum absolute atomic E-state index is 12.5. The molecule has 3 rings (SSSR count). The van der Waals surface area contributed by atoms with Crippen LogP contribution >= 0.6 is 23.6 Å². The Balaban J connectivity index is 1.85. The molecule has 0 spiro atoms. The van der Waals surface area contributed by atoms with Gasteiger partial charge >= 0.3 is 5.97 Å². The van der Waals surface area contributed by atoms with Gasteiger partial charge in [-0.15, -0.1) is 11.3 Å². The second-order valence-corrected chi connectivity index (χ2v) is 7.50. The van der Waals surface area contributed by atoms with Crippen molar-refractivity contribution in [2.45, 2.75) is 32.6 Å². The number of thiophene rings is 1. The lowest BCUT2D eigenvalue weighted by atomic mass is 9.95. The number of nitro groups is 1. The van der Waals surface area contributed by atoms with E-state index in [-0.39, 0.29) is 16.8 Å². The Kier molecular flexibility index (Phi) is 6.02. The number of aryl methyl sites for hydroxylation is 1. The molecule has 27 heavy (non-hydrogen) atoms. The molecule has 1 aromatic carbocycles. The van der Waals surface area contributed by atoms with Gasteiger partial charge in [-0.1, -0.05) is 12.1 Å². The number of nitrogens with one attached hydrogen (secondary N) is 2. The van der Waals surface area contributed by atoms with Crippen LogP contribution in [-0.4, -0.2) is 22.6 Å². The zero-order valence-electron chi connectivity index (χ0n) is 14.7. The molecule has 0 atom stereocenters. The Morgan fingerprint density at radius 2 is 2.04 bits per heavy atom. The summed E-state index contributed by atoms with van der Waals surface area (Å²) >= 11 is 6.82. The summed E-state index contributed by atoms with van der Waals surface area (Å²) in [7, 11) is 0. The molecule has 1 aliphatic rings. The van der Waals surface area contributed by atoms with Gasteiger partial charge in [0.1, 0.15) is 10.7 Å². The number of fused-ring (bicyclic) bond motifs is 1. The third-order valence-electron chi connectivity index (χ3n) is 4.23. The number of thiocarbonyl (C=S) groups is 1. The molecule has 1 heterocycles. The number of carbonyl (C=O) groups excluding carboxylic acids is 1. The van der Waals surface area contributed by atoms with Crippen LogP contribution in [-0.2, 0) is 17.6 Å². The first-order chi connectivity index (χ1) is 13.0. The van der Waals surface area contributed by atoms with Gasteiger partial charge in [0.15, 0.2) is 5.11 Å². The summed E-state index contributed by atoms with van der Waals surface area (Å²) in [4.78, 5) is 24.3. The largest absolute Gasteiger partial charge is 0.462 e. The van der Waals surface area contributed by atoms with Crippen molar-refractivity contribution in [3.63, 3.8) is 0 Å². The van der Waals surface area contributed by atoms with Gasteiger partial charge in [-0.3, -0.25) is 10.1 Å². The van der Waals surface area contributed by atoms with Gasteiger partial charge in [-0.25, -0.2) is 4.79 Å². The highest BCUT2D eigenvalue weighted by atomic mass is 32.1. The van der Waals surface area contributed by atoms with E-state index < -0.39 is 4.92 Å². The summed E-state index contributed by atoms with van der Waals surface area (Å²) in [5.41, 5.74) is 1.78. The number of anilines is 2. The molecule has 9 heteroatoms. The maximum atomic E-state index is 12.5. The number of carbonyl (C=O) groups is 1. The predicted molar refractivity (Wildman–Crippen MR) is 110 cm³/mol. The number of nitro benzene ring substituents is 1. The molecule has 2 N–H and O–H groups in total. The minimum Gasteiger partial charge on any atom is -0.462 e. The van der Waals surface area contributed by atoms with E-state index in [2.05, 4.69) is 10.6 Å². The minimum absolute atomic E-state index is 0.0715. The van der Waals surface area contributed by atoms with Crippen LogP contribution in [0.4, 0.5) is 16.4 Å². The monoisotopic (exact) mass is 405 g/mol. The second-order valence-electron chi connectivity index (χ2n) is 5.99. The molecule has 0 unspecified atom stereocenters. The van der Waals surface area contributed by atoms with Gasteiger partial charge in [0.25, 0.3) is 5.69 Å². The van der Waals surface area contributed by atoms with Gasteiger partial charge in [0.05, 0.1) is 17.1 Å². The summed E-state index contributed by atoms with van der Waals surface area (Å²) < 4.78 is 5.22. The lowest BCUT2D eigenvalue weighted by Gasteiger charge is -2.13. The number of rotatable bonds is 5. The van der Waals surface area contributed by atoms with Crippen LogP contribution in [0.2, 0.25) is 0 Å². The van der Waals surface area contributed by atoms with Crippen molar-refractivity contribution in [1.82, 2.24) is 0 Å². The average Bonchev–Trinajstić information content (AvgIpc) is 2.99. The van der Waals surface area contributed by atoms with E-state index in [0.29, 0.717) is 22.9 Å². The zero-order chi connectivity index (χ0) is 19.4. The normalized spacial score (nSPS) is 12.8. The Bertz CT molecular complexity index is 895. The van der Waals surface area contributed by atoms with E-state index in [0.717, 1.165) is 31.2 Å². The fourth-order valence-electron chi connectivity index (χ4n) is 3.07. The lowest BCUT2D eigenvalue weighted by Crippen LogP contribution is -2.21. The summed E-state index contributed by atoms with van der Waals surface area (Å²) in [6, 6.07) is 6.26. The van der Waals surface area contributed by atoms with Crippen molar-refractivity contribution >= 4 is 51.0 Å². The van der Waals surface area contributed by atoms with Crippen LogP contribution in [0.5, 0.6) is 0 Å². The smallest absolute Gasteiger partial charge is 0.341 e. The van der Waals surface area contributed by atoms with Gasteiger partial charge < -0.3 is 15.4 Å². The van der Waals surface area contributed by atoms with Gasteiger partial charge in [-0.2, -0.15) is 0 Å². The highest BCUT2D eigenvalue weighted by molar-refractivity contribution is 7.80. The van der Waals surface area contributed by atoms with Crippen molar-refractivity contribution in [1.29, 1.82) is 0 Å². The number of hydrogen-bond donors (Lipinski definition) is 2. The molecule has 1 aliphatic carbocycles. The van der Waals surface area contributed by atoms with Crippen molar-refractivity contribution in [2.75, 3.05) is 17.2 Å². The molecule has 1 aromatic heterocycles. The standard InChI is InChI=1S/C18H19N3O4S2/c1-2-25-17(22)15-11-7-3-6-10-14(11)27-16(15)20-18(26)19-12-8-4-5-9-13(12)21(23)24/h4-5,8-9H,2-3,6-7,10H2,1H3,(H2,19,20,26). The Labute approximate surface area is 165 Å². The molecular formula is C18H19N3O4S2. The zero-order valence-corrected chi connectivity index (χ0v) is 16.4. The second kappa shape index (κ2) is 8.45. The summed E-state index contributed by atoms with van der Waals surface area (Å²) in [6.07, 6.45) is 3.90. The van der Waals surface area contributed by atoms with E-state index in [1.54, 1.807) is 25.1 Å². The number of esters is 1. The average molecular weight is 406 g/mol. The fraction of sp³-hybridized carbons (Fsp3) is 0.333. The highest BCUT2D eigenvalue weighted by Crippen LogP contribution is 2.38. The van der Waals surface area contributed by atoms with E-state index in [4.69, 9.17) is 17.0 Å². The molecule has 0 bridgehead atoms. The number of para-hydroxylation sites is 2. The molecule has 142 valence electrons. The van der Waals surface area contributed by atoms with Crippen LogP contribution in [0, 0.1) is 10.1 Å². The van der Waals surface area contributed by atoms with E-state index in [1.807, 2.05) is 0 Å². The SMILES string of the molecule is CCOC(=O)c1c(NC(=S)Nc2ccccc2[N+](=O)[O-])sc2c1CCCC2. The molecule has 0 saturated heterocycles. The quantitative estimate of drug-likeness (QED) is 0.327. The van der Waals surface area contributed by atoms with Crippen molar-refractivity contribution in [3.8, 4) is 0 Å². The fourth-order valence-corrected chi connectivity index (χ4v) is 4.63. The van der Waals surface area contributed by atoms with Gasteiger partial charge in [-0.05, 0) is 56.5 Å². The van der Waals surface area contributed by atoms with E-state index >= 15 is 0 Å². The molecule has 2 aromatic rings. The maximum Gasteiger partial charge on any atom is 0.341 e. The number of nitrogens with zero attached hydrogens (tertiary/aromatic N) is 1. The van der Waals surface area contributed by atoms with Crippen molar-refractivity contribution in [3.05, 3.63) is 50.4 Å². The van der Waals surface area contributed by atoms with Crippen LogP contribution in [0.3, 0.4) is 0 Å². The molecule has 0 aliphatic heterocycles. The van der Waals surface area contributed by atoms with Crippen molar-refractivity contribution < 1.29 is 14.5 Å². The first-order valence-electron chi connectivity index (χ1n) is 8.64. The molecular weight excluding hydrogens is 386 g/mol. The summed E-state index contributed by atoms with van der Waals surface area (Å²) in [5.74, 6) is -0.368. The molecule has 0 amide bonds. The number of hydrogen-bond acceptors (Lipinski definition) is 6. The topological polar surface area (TPSA) is 93.5 Å². The number of ether oxygens (including phenoxy) is 1. The first-order valence-corrected chi connectivity index (χ1v) is 9.86. The third-order valence-corrected chi connectivity index (χ3v) is 5.64. The predicted octanol–water partition coefficient (Wildman–Crippen LogP) is 4.52. The molecule has 0 fully saturated rings. The highest BCUT2D eigenvalue weighted by Gasteiger charge is 2.27. The van der Waals surface area contributed by atoms with E-state index in [9.17, 15) is 14.9 Å². The molecule has 0 saturated carbocycles. The summed E-state index contributed by atoms with van der Waals surface area (Å²) in [6.45, 7) is 2.06. The number of benzene rings is 1. The lowest BCUT2D eigenvalue weighted by molar-refractivity contribution is -0.383. The first kappa shape index (κ1) is 19.2. The Morgan fingerprint density at radius 3 is 2.78 bits per heavy atom. The van der Waals surface area contributed by atoms with Crippen LogP contribution in [0.15, 0.2) is 24.3 Å². The summed E-state index contributed by atoms with van der Waals surface area (Å²) in [5, 5.41) is 17.9. The molecule has 0 radical (unpaired) electrons. The third kappa shape index (κ3) is 4.25. The van der Waals surface area contributed by atoms with E-state index in [1.165, 1.54) is 22.3 Å². The van der Waals surface area contributed by atoms with Crippen LogP contribution in [0.1, 0.15) is 40.6 Å². The van der Waals surface area contributed by atoms with Crippen molar-refractivity contribution in [2.24, 2.45) is 0 Å². The Hall–Kier alpha value is -2.52. The van der Waals surface area contributed by atoms with Gasteiger partial charge in [0, 0.05) is 10.9 Å². The van der Waals surface area contributed by atoms with Crippen LogP contribution in [0.25, 0.3) is 0 Å². The van der Waals surface area contributed by atoms with Gasteiger partial charge in [0.2, 0.25) is 0 Å². The Morgan fingerprint density at radius 1 is 1.30 bits per heavy atom. The molecule has 7 nitrogen and oxygen atoms in total. The minimum atomic E-state index is -0.473. The van der Waals surface area contributed by atoms with Crippen LogP contribution < -0.4 is 10.6 Å².